The van der Waals surface area contributed by atoms with Gasteiger partial charge < -0.3 is 5.11 Å². The van der Waals surface area contributed by atoms with Crippen LogP contribution >= 0.6 is 0 Å². The van der Waals surface area contributed by atoms with E-state index < -0.39 is 5.97 Å². The molecule has 0 spiro atoms. The van der Waals surface area contributed by atoms with Gasteiger partial charge in [-0.3, -0.25) is 14.8 Å². The Labute approximate surface area is 105 Å². The predicted molar refractivity (Wildman–Crippen MR) is 67.2 cm³/mol. The van der Waals surface area contributed by atoms with Crippen molar-refractivity contribution < 1.29 is 9.90 Å². The van der Waals surface area contributed by atoms with Crippen molar-refractivity contribution in [1.29, 1.82) is 0 Å². The largest absolute Gasteiger partial charge is 0.481 e. The van der Waals surface area contributed by atoms with Gasteiger partial charge in [0, 0.05) is 30.2 Å². The van der Waals surface area contributed by atoms with Crippen LogP contribution in [0.3, 0.4) is 0 Å². The van der Waals surface area contributed by atoms with Crippen molar-refractivity contribution in [3.63, 3.8) is 0 Å². The molecule has 2 aromatic rings. The fourth-order valence-corrected chi connectivity index (χ4v) is 1.91. The summed E-state index contributed by atoms with van der Waals surface area (Å²) in [6, 6.07) is 9.39. The van der Waals surface area contributed by atoms with Gasteiger partial charge in [-0.2, -0.15) is 0 Å². The molecule has 0 radical (unpaired) electrons. The van der Waals surface area contributed by atoms with Crippen LogP contribution in [0.15, 0.2) is 48.9 Å². The van der Waals surface area contributed by atoms with E-state index in [1.54, 1.807) is 18.6 Å². The summed E-state index contributed by atoms with van der Waals surface area (Å²) < 4.78 is 0. The quantitative estimate of drug-likeness (QED) is 0.873. The summed E-state index contributed by atoms with van der Waals surface area (Å²) in [7, 11) is 0. The Morgan fingerprint density at radius 1 is 1.22 bits per heavy atom. The number of nitrogens with zero attached hydrogens (tertiary/aromatic N) is 2. The van der Waals surface area contributed by atoms with Crippen molar-refractivity contribution in [2.75, 3.05) is 0 Å². The number of pyridine rings is 2. The molecule has 2 heterocycles. The van der Waals surface area contributed by atoms with Crippen LogP contribution in [0.25, 0.3) is 0 Å². The molecule has 0 saturated carbocycles. The van der Waals surface area contributed by atoms with E-state index in [0.29, 0.717) is 6.42 Å². The first-order valence-electron chi connectivity index (χ1n) is 5.77. The Kier molecular flexibility index (Phi) is 4.02. The molecule has 0 amide bonds. The molecule has 92 valence electrons. The van der Waals surface area contributed by atoms with Gasteiger partial charge in [-0.1, -0.05) is 12.1 Å². The summed E-state index contributed by atoms with van der Waals surface area (Å²) in [6.45, 7) is 0. The fraction of sp³-hybridized carbons (Fsp3) is 0.214. The summed E-state index contributed by atoms with van der Waals surface area (Å²) in [5.74, 6) is -0.897. The second-order valence-corrected chi connectivity index (χ2v) is 4.11. The third kappa shape index (κ3) is 3.38. The minimum absolute atomic E-state index is 0.0856. The van der Waals surface area contributed by atoms with E-state index >= 15 is 0 Å². The molecule has 1 N–H and O–H groups in total. The second kappa shape index (κ2) is 5.91. The molecule has 1 atom stereocenters. The van der Waals surface area contributed by atoms with Gasteiger partial charge in [0.1, 0.15) is 0 Å². The smallest absolute Gasteiger partial charge is 0.303 e. The van der Waals surface area contributed by atoms with Gasteiger partial charge in [-0.15, -0.1) is 0 Å². The standard InChI is InChI=1S/C14H14N2O2/c17-14(18)9-12(11-4-3-6-15-10-11)8-13-5-1-2-7-16-13/h1-7,10,12H,8-9H2,(H,17,18). The molecule has 18 heavy (non-hydrogen) atoms. The molecule has 0 aliphatic rings. The van der Waals surface area contributed by atoms with Crippen molar-refractivity contribution in [1.82, 2.24) is 9.97 Å². The summed E-state index contributed by atoms with van der Waals surface area (Å²) in [4.78, 5) is 19.2. The first-order chi connectivity index (χ1) is 8.75. The SMILES string of the molecule is O=C(O)CC(Cc1ccccn1)c1cccnc1. The predicted octanol–water partition coefficient (Wildman–Crippen LogP) is 2.28. The Morgan fingerprint density at radius 2 is 2.11 bits per heavy atom. The van der Waals surface area contributed by atoms with Crippen LogP contribution in [0, 0.1) is 0 Å². The molecular weight excluding hydrogens is 228 g/mol. The minimum atomic E-state index is -0.806. The summed E-state index contributed by atoms with van der Waals surface area (Å²) >= 11 is 0. The van der Waals surface area contributed by atoms with Crippen molar-refractivity contribution in [3.05, 3.63) is 60.2 Å². The van der Waals surface area contributed by atoms with Crippen molar-refractivity contribution >= 4 is 5.97 Å². The summed E-state index contributed by atoms with van der Waals surface area (Å²) in [6.07, 6.45) is 5.82. The Hall–Kier alpha value is -2.23. The maximum Gasteiger partial charge on any atom is 0.303 e. The van der Waals surface area contributed by atoms with Gasteiger partial charge in [-0.05, 0) is 30.2 Å². The highest BCUT2D eigenvalue weighted by Crippen LogP contribution is 2.22. The average molecular weight is 242 g/mol. The van der Waals surface area contributed by atoms with Gasteiger partial charge in [0.2, 0.25) is 0 Å². The lowest BCUT2D eigenvalue weighted by Crippen LogP contribution is -2.10. The Morgan fingerprint density at radius 3 is 2.72 bits per heavy atom. The van der Waals surface area contributed by atoms with Crippen LogP contribution < -0.4 is 0 Å². The van der Waals surface area contributed by atoms with Crippen molar-refractivity contribution in [2.45, 2.75) is 18.8 Å². The summed E-state index contributed by atoms with van der Waals surface area (Å²) in [5.41, 5.74) is 1.83. The zero-order chi connectivity index (χ0) is 12.8. The molecule has 2 rings (SSSR count). The molecule has 0 bridgehead atoms. The van der Waals surface area contributed by atoms with E-state index in [2.05, 4.69) is 9.97 Å². The highest BCUT2D eigenvalue weighted by Gasteiger charge is 2.16. The van der Waals surface area contributed by atoms with Gasteiger partial charge in [0.25, 0.3) is 0 Å². The third-order valence-corrected chi connectivity index (χ3v) is 2.76. The lowest BCUT2D eigenvalue weighted by Gasteiger charge is -2.14. The maximum atomic E-state index is 10.9. The highest BCUT2D eigenvalue weighted by molar-refractivity contribution is 5.68. The molecule has 0 aromatic carbocycles. The number of carboxylic acids is 1. The molecule has 0 saturated heterocycles. The number of aromatic nitrogens is 2. The maximum absolute atomic E-state index is 10.9. The van der Waals surface area contributed by atoms with Crippen LogP contribution in [0.4, 0.5) is 0 Å². The minimum Gasteiger partial charge on any atom is -0.481 e. The zero-order valence-electron chi connectivity index (χ0n) is 9.86. The number of carbonyl (C=O) groups is 1. The lowest BCUT2D eigenvalue weighted by molar-refractivity contribution is -0.137. The molecule has 0 fully saturated rings. The molecule has 2 aromatic heterocycles. The monoisotopic (exact) mass is 242 g/mol. The van der Waals surface area contributed by atoms with E-state index in [1.807, 2.05) is 30.3 Å². The zero-order valence-corrected chi connectivity index (χ0v) is 9.86. The first-order valence-corrected chi connectivity index (χ1v) is 5.77. The van der Waals surface area contributed by atoms with Gasteiger partial charge in [-0.25, -0.2) is 0 Å². The topological polar surface area (TPSA) is 63.1 Å². The molecule has 4 heteroatoms. The van der Waals surface area contributed by atoms with Crippen molar-refractivity contribution in [2.24, 2.45) is 0 Å². The summed E-state index contributed by atoms with van der Waals surface area (Å²) in [5, 5.41) is 8.98. The average Bonchev–Trinajstić information content (AvgIpc) is 2.40. The molecule has 4 nitrogen and oxygen atoms in total. The number of rotatable bonds is 5. The van der Waals surface area contributed by atoms with Crippen molar-refractivity contribution in [3.8, 4) is 0 Å². The molecule has 0 aliphatic heterocycles. The fourth-order valence-electron chi connectivity index (χ4n) is 1.91. The molecular formula is C14H14N2O2. The number of hydrogen-bond acceptors (Lipinski definition) is 3. The Balaban J connectivity index is 2.18. The van der Waals surface area contributed by atoms with E-state index in [1.165, 1.54) is 0 Å². The van der Waals surface area contributed by atoms with Crippen LogP contribution in [-0.4, -0.2) is 21.0 Å². The van der Waals surface area contributed by atoms with Gasteiger partial charge in [0.05, 0.1) is 6.42 Å². The highest BCUT2D eigenvalue weighted by atomic mass is 16.4. The number of aliphatic carboxylic acids is 1. The van der Waals surface area contributed by atoms with Gasteiger partial charge >= 0.3 is 5.97 Å². The van der Waals surface area contributed by atoms with Crippen LogP contribution in [0.5, 0.6) is 0 Å². The molecule has 1 unspecified atom stereocenters. The van der Waals surface area contributed by atoms with E-state index in [-0.39, 0.29) is 12.3 Å². The number of hydrogen-bond donors (Lipinski definition) is 1. The molecule has 0 aliphatic carbocycles. The van der Waals surface area contributed by atoms with Crippen LogP contribution in [0.2, 0.25) is 0 Å². The normalized spacial score (nSPS) is 12.0. The second-order valence-electron chi connectivity index (χ2n) is 4.11. The Bertz CT molecular complexity index is 500. The first kappa shape index (κ1) is 12.2. The van der Waals surface area contributed by atoms with E-state index in [0.717, 1.165) is 11.3 Å². The third-order valence-electron chi connectivity index (χ3n) is 2.76. The van der Waals surface area contributed by atoms with Crippen LogP contribution in [0.1, 0.15) is 23.6 Å². The van der Waals surface area contributed by atoms with E-state index in [9.17, 15) is 4.79 Å². The number of carboxylic acid groups (broad SMARTS) is 1. The van der Waals surface area contributed by atoms with Gasteiger partial charge in [0.15, 0.2) is 0 Å². The van der Waals surface area contributed by atoms with E-state index in [4.69, 9.17) is 5.11 Å². The lowest BCUT2D eigenvalue weighted by atomic mass is 9.92. The van der Waals surface area contributed by atoms with Crippen LogP contribution in [-0.2, 0) is 11.2 Å².